The number of carboxylic acids is 1. The Hall–Kier alpha value is -2.07. The van der Waals surface area contributed by atoms with Crippen molar-refractivity contribution < 1.29 is 28.0 Å². The number of unbranched alkanes of at least 4 members (excludes halogenated alkanes) is 1. The van der Waals surface area contributed by atoms with Crippen LogP contribution in [0.3, 0.4) is 0 Å². The molecule has 0 bridgehead atoms. The first-order chi connectivity index (χ1) is 11.9. The standard InChI is InChI=1S/C16H20N2O6S/c1-2-3-4-14-17-9-13(16(21)24-25(22)23)18(14)10-11-5-7-12(8-6-11)15(19)20/h5-9,16,21H,2-4,10H2,1H3,(H,19,20)(H,22,23). The number of benzene rings is 1. The highest BCUT2D eigenvalue weighted by Crippen LogP contribution is 2.20. The van der Waals surface area contributed by atoms with Gasteiger partial charge in [0.15, 0.2) is 0 Å². The molecule has 8 nitrogen and oxygen atoms in total. The minimum Gasteiger partial charge on any atom is -0.478 e. The summed E-state index contributed by atoms with van der Waals surface area (Å²) < 4.78 is 25.8. The molecule has 136 valence electrons. The van der Waals surface area contributed by atoms with Crippen molar-refractivity contribution in [1.82, 2.24) is 9.55 Å². The van der Waals surface area contributed by atoms with Crippen LogP contribution in [0.2, 0.25) is 0 Å². The van der Waals surface area contributed by atoms with Gasteiger partial charge in [-0.2, -0.15) is 4.21 Å². The van der Waals surface area contributed by atoms with Crippen LogP contribution >= 0.6 is 0 Å². The lowest BCUT2D eigenvalue weighted by Gasteiger charge is -2.15. The predicted octanol–water partition coefficient (Wildman–Crippen LogP) is 2.12. The van der Waals surface area contributed by atoms with Gasteiger partial charge in [-0.1, -0.05) is 25.5 Å². The summed E-state index contributed by atoms with van der Waals surface area (Å²) in [7, 11) is 0. The SMILES string of the molecule is CCCCc1ncc(C(O)OS(=O)O)n1Cc1ccc(C(=O)O)cc1. The number of hydrogen-bond acceptors (Lipinski definition) is 5. The zero-order valence-electron chi connectivity index (χ0n) is 13.7. The van der Waals surface area contributed by atoms with Gasteiger partial charge in [0, 0.05) is 13.0 Å². The van der Waals surface area contributed by atoms with Crippen LogP contribution in [0.1, 0.15) is 53.5 Å². The lowest BCUT2D eigenvalue weighted by atomic mass is 10.1. The van der Waals surface area contributed by atoms with Gasteiger partial charge in [-0.05, 0) is 24.1 Å². The molecule has 0 aliphatic rings. The average Bonchev–Trinajstić information content (AvgIpc) is 2.95. The van der Waals surface area contributed by atoms with Crippen LogP contribution in [-0.4, -0.2) is 34.5 Å². The van der Waals surface area contributed by atoms with E-state index >= 15 is 0 Å². The third-order valence-electron chi connectivity index (χ3n) is 3.69. The summed E-state index contributed by atoms with van der Waals surface area (Å²) in [5, 5.41) is 18.9. The van der Waals surface area contributed by atoms with Gasteiger partial charge >= 0.3 is 17.3 Å². The number of aromatic carboxylic acids is 1. The third kappa shape index (κ3) is 5.20. The second-order valence-corrected chi connectivity index (χ2v) is 6.08. The number of aliphatic hydroxyl groups is 1. The van der Waals surface area contributed by atoms with E-state index in [0.717, 1.165) is 18.4 Å². The number of nitrogens with zero attached hydrogens (tertiary/aromatic N) is 2. The Morgan fingerprint density at radius 2 is 2.04 bits per heavy atom. The Balaban J connectivity index is 2.29. The first-order valence-electron chi connectivity index (χ1n) is 7.75. The molecule has 9 heteroatoms. The quantitative estimate of drug-likeness (QED) is 0.458. The molecule has 2 rings (SSSR count). The summed E-state index contributed by atoms with van der Waals surface area (Å²) in [4.78, 5) is 15.2. The van der Waals surface area contributed by atoms with Crippen LogP contribution in [0.15, 0.2) is 30.5 Å². The summed E-state index contributed by atoms with van der Waals surface area (Å²) >= 11 is -2.61. The van der Waals surface area contributed by atoms with E-state index in [1.165, 1.54) is 18.3 Å². The molecule has 0 saturated heterocycles. The van der Waals surface area contributed by atoms with Crippen LogP contribution < -0.4 is 0 Å². The molecule has 0 spiro atoms. The van der Waals surface area contributed by atoms with Gasteiger partial charge in [-0.15, -0.1) is 0 Å². The number of carbonyl (C=O) groups is 1. The van der Waals surface area contributed by atoms with Gasteiger partial charge in [0.25, 0.3) is 0 Å². The molecule has 0 aliphatic heterocycles. The zero-order valence-corrected chi connectivity index (χ0v) is 14.5. The fourth-order valence-corrected chi connectivity index (χ4v) is 2.66. The molecule has 1 aromatic carbocycles. The molecule has 0 radical (unpaired) electrons. The predicted molar refractivity (Wildman–Crippen MR) is 90.2 cm³/mol. The van der Waals surface area contributed by atoms with Crippen molar-refractivity contribution >= 4 is 17.3 Å². The second kappa shape index (κ2) is 8.86. The normalized spacial score (nSPS) is 13.6. The summed E-state index contributed by atoms with van der Waals surface area (Å²) in [6.07, 6.45) is 2.37. The molecular formula is C16H20N2O6S. The number of rotatable bonds is 9. The number of aromatic nitrogens is 2. The summed E-state index contributed by atoms with van der Waals surface area (Å²) in [6, 6.07) is 6.34. The van der Waals surface area contributed by atoms with E-state index in [0.29, 0.717) is 18.8 Å². The molecule has 3 N–H and O–H groups in total. The number of carboxylic acid groups (broad SMARTS) is 1. The Morgan fingerprint density at radius 3 is 2.60 bits per heavy atom. The van der Waals surface area contributed by atoms with Crippen LogP contribution in [0.4, 0.5) is 0 Å². The van der Waals surface area contributed by atoms with Crippen molar-refractivity contribution in [2.45, 2.75) is 39.0 Å². The van der Waals surface area contributed by atoms with E-state index in [2.05, 4.69) is 9.17 Å². The smallest absolute Gasteiger partial charge is 0.335 e. The Labute approximate surface area is 147 Å². The van der Waals surface area contributed by atoms with E-state index in [1.54, 1.807) is 16.7 Å². The van der Waals surface area contributed by atoms with E-state index < -0.39 is 23.6 Å². The topological polar surface area (TPSA) is 122 Å². The van der Waals surface area contributed by atoms with Crippen LogP contribution in [0, 0.1) is 0 Å². The molecule has 1 aromatic heterocycles. The van der Waals surface area contributed by atoms with Crippen molar-refractivity contribution in [3.63, 3.8) is 0 Å². The lowest BCUT2D eigenvalue weighted by molar-refractivity contribution is -0.0210. The number of aryl methyl sites for hydroxylation is 1. The maximum Gasteiger partial charge on any atom is 0.335 e. The Bertz CT molecular complexity index is 744. The van der Waals surface area contributed by atoms with E-state index in [-0.39, 0.29) is 11.3 Å². The number of imidazole rings is 1. The molecule has 2 aromatic rings. The highest BCUT2D eigenvalue weighted by atomic mass is 32.2. The molecule has 0 saturated carbocycles. The molecular weight excluding hydrogens is 348 g/mol. The molecule has 2 unspecified atom stereocenters. The maximum atomic E-state index is 10.9. The molecule has 25 heavy (non-hydrogen) atoms. The molecule has 0 fully saturated rings. The van der Waals surface area contributed by atoms with E-state index in [4.69, 9.17) is 9.66 Å². The number of aliphatic hydroxyl groups excluding tert-OH is 1. The van der Waals surface area contributed by atoms with Crippen molar-refractivity contribution in [1.29, 1.82) is 0 Å². The maximum absolute atomic E-state index is 10.9. The van der Waals surface area contributed by atoms with Crippen molar-refractivity contribution in [2.75, 3.05) is 0 Å². The Kier molecular flexibility index (Phi) is 6.82. The first kappa shape index (κ1) is 19.3. The fraction of sp³-hybridized carbons (Fsp3) is 0.375. The molecule has 0 amide bonds. The average molecular weight is 368 g/mol. The van der Waals surface area contributed by atoms with Gasteiger partial charge in [-0.3, -0.25) is 4.55 Å². The van der Waals surface area contributed by atoms with Crippen LogP contribution in [0.5, 0.6) is 0 Å². The summed E-state index contributed by atoms with van der Waals surface area (Å²) in [6.45, 7) is 2.37. The van der Waals surface area contributed by atoms with Crippen LogP contribution in [0.25, 0.3) is 0 Å². The van der Waals surface area contributed by atoms with Gasteiger partial charge in [-0.25, -0.2) is 14.0 Å². The van der Waals surface area contributed by atoms with E-state index in [1.807, 2.05) is 6.92 Å². The van der Waals surface area contributed by atoms with E-state index in [9.17, 15) is 14.1 Å². The van der Waals surface area contributed by atoms with Crippen molar-refractivity contribution in [3.05, 3.63) is 53.1 Å². The van der Waals surface area contributed by atoms with Gasteiger partial charge < -0.3 is 14.8 Å². The van der Waals surface area contributed by atoms with Gasteiger partial charge in [0.1, 0.15) is 5.82 Å². The zero-order chi connectivity index (χ0) is 18.4. The highest BCUT2D eigenvalue weighted by Gasteiger charge is 2.20. The van der Waals surface area contributed by atoms with Crippen LogP contribution in [-0.2, 0) is 28.5 Å². The lowest BCUT2D eigenvalue weighted by Crippen LogP contribution is -2.14. The molecule has 0 aliphatic carbocycles. The summed E-state index contributed by atoms with van der Waals surface area (Å²) in [5.41, 5.74) is 1.25. The Morgan fingerprint density at radius 1 is 1.36 bits per heavy atom. The first-order valence-corrected chi connectivity index (χ1v) is 8.78. The van der Waals surface area contributed by atoms with Crippen molar-refractivity contribution in [3.8, 4) is 0 Å². The monoisotopic (exact) mass is 368 g/mol. The van der Waals surface area contributed by atoms with Gasteiger partial charge in [0.2, 0.25) is 6.29 Å². The third-order valence-corrected chi connectivity index (χ3v) is 4.04. The van der Waals surface area contributed by atoms with Crippen molar-refractivity contribution in [2.24, 2.45) is 0 Å². The summed E-state index contributed by atoms with van der Waals surface area (Å²) in [5.74, 6) is -0.293. The largest absolute Gasteiger partial charge is 0.478 e. The van der Waals surface area contributed by atoms with Gasteiger partial charge in [0.05, 0.1) is 17.5 Å². The second-order valence-electron chi connectivity index (χ2n) is 5.46. The fourth-order valence-electron chi connectivity index (χ4n) is 2.41. The molecule has 2 atom stereocenters. The minimum absolute atomic E-state index is 0.180. The highest BCUT2D eigenvalue weighted by molar-refractivity contribution is 7.74. The number of hydrogen-bond donors (Lipinski definition) is 3. The minimum atomic E-state index is -2.61. The molecule has 1 heterocycles.